The van der Waals surface area contributed by atoms with Crippen LogP contribution in [0.15, 0.2) is 42.5 Å². The number of benzene rings is 2. The molecule has 0 saturated heterocycles. The number of halogens is 7. The van der Waals surface area contributed by atoms with Gasteiger partial charge in [0.25, 0.3) is 12.3 Å². The Balaban J connectivity index is 1.52. The molecule has 3 aromatic heterocycles. The van der Waals surface area contributed by atoms with Crippen LogP contribution in [0.2, 0.25) is 5.02 Å². The zero-order valence-corrected chi connectivity index (χ0v) is 29.9. The number of rotatable bonds is 9. The van der Waals surface area contributed by atoms with Crippen LogP contribution in [0.1, 0.15) is 79.5 Å². The second kappa shape index (κ2) is 14.1. The topological polar surface area (TPSA) is 110 Å². The number of pyridine rings is 1. The molecule has 3 heterocycles. The van der Waals surface area contributed by atoms with Gasteiger partial charge in [0.05, 0.1) is 27.7 Å². The maximum atomic E-state index is 15.2. The van der Waals surface area contributed by atoms with Gasteiger partial charge in [0.2, 0.25) is 5.91 Å². The van der Waals surface area contributed by atoms with Crippen molar-refractivity contribution in [1.82, 2.24) is 29.9 Å². The van der Waals surface area contributed by atoms with Gasteiger partial charge in [-0.25, -0.2) is 22.5 Å². The van der Waals surface area contributed by atoms with E-state index in [9.17, 15) is 27.5 Å². The lowest BCUT2D eigenvalue weighted by atomic mass is 9.93. The van der Waals surface area contributed by atoms with Crippen LogP contribution in [-0.2, 0) is 30.7 Å². The van der Waals surface area contributed by atoms with Crippen molar-refractivity contribution < 1.29 is 36.2 Å². The molecular formula is C37H34ClF6N7O2. The second-order valence-corrected chi connectivity index (χ2v) is 13.9. The minimum absolute atomic E-state index is 0.105. The Hall–Kier alpha value is -5.07. The highest BCUT2D eigenvalue weighted by atomic mass is 35.5. The van der Waals surface area contributed by atoms with E-state index in [-0.39, 0.29) is 28.9 Å². The smallest absolute Gasteiger partial charge is 0.290 e. The molecule has 0 fully saturated rings. The number of carbonyl (C=O) groups is 1. The lowest BCUT2D eigenvalue weighted by Crippen LogP contribution is -2.35. The maximum Gasteiger partial charge on any atom is 0.290 e. The highest BCUT2D eigenvalue weighted by Crippen LogP contribution is 2.51. The van der Waals surface area contributed by atoms with Crippen LogP contribution >= 0.6 is 11.6 Å². The fourth-order valence-corrected chi connectivity index (χ4v) is 7.05. The number of aromatic nitrogens is 5. The van der Waals surface area contributed by atoms with Crippen molar-refractivity contribution in [3.05, 3.63) is 93.0 Å². The summed E-state index contributed by atoms with van der Waals surface area (Å²) in [7, 11) is 3.37. The van der Waals surface area contributed by atoms with Crippen molar-refractivity contribution in [1.29, 1.82) is 0 Å². The fraction of sp³-hybridized carbons (Fsp3) is 0.351. The van der Waals surface area contributed by atoms with E-state index in [0.717, 1.165) is 12.1 Å². The quantitative estimate of drug-likeness (QED) is 0.106. The Morgan fingerprint density at radius 1 is 1.09 bits per heavy atom. The Bertz CT molecular complexity index is 2280. The van der Waals surface area contributed by atoms with E-state index in [2.05, 4.69) is 32.7 Å². The third-order valence-electron chi connectivity index (χ3n) is 8.83. The van der Waals surface area contributed by atoms with Crippen LogP contribution in [-0.4, -0.2) is 48.2 Å². The number of nitrogens with zero attached hydrogens (tertiary/aromatic N) is 5. The molecule has 6 rings (SSSR count). The summed E-state index contributed by atoms with van der Waals surface area (Å²) in [5.74, 6) is -1.21. The van der Waals surface area contributed by atoms with Gasteiger partial charge < -0.3 is 15.7 Å². The molecule has 0 bridgehead atoms. The number of anilines is 1. The molecule has 278 valence electrons. The van der Waals surface area contributed by atoms with Gasteiger partial charge in [0.15, 0.2) is 5.82 Å². The number of hydrogen-bond acceptors (Lipinski definition) is 6. The van der Waals surface area contributed by atoms with Crippen LogP contribution in [0.3, 0.4) is 0 Å². The first-order chi connectivity index (χ1) is 24.9. The molecule has 9 nitrogen and oxygen atoms in total. The third kappa shape index (κ3) is 7.56. The number of aryl methyl sites for hydroxylation is 1. The highest BCUT2D eigenvalue weighted by Gasteiger charge is 2.50. The van der Waals surface area contributed by atoms with E-state index in [4.69, 9.17) is 16.6 Å². The monoisotopic (exact) mass is 757 g/mol. The number of nitrogens with one attached hydrogen (secondary N) is 2. The molecule has 2 atom stereocenters. The summed E-state index contributed by atoms with van der Waals surface area (Å²) in [5, 5.41) is 25.2. The van der Waals surface area contributed by atoms with Gasteiger partial charge in [0.1, 0.15) is 40.9 Å². The summed E-state index contributed by atoms with van der Waals surface area (Å²) in [5.41, 5.74) is -1.38. The predicted octanol–water partition coefficient (Wildman–Crippen LogP) is 7.56. The summed E-state index contributed by atoms with van der Waals surface area (Å²) in [6, 6.07) is 8.18. The van der Waals surface area contributed by atoms with Crippen LogP contribution in [0, 0.1) is 23.5 Å². The molecule has 1 aliphatic rings. The van der Waals surface area contributed by atoms with E-state index >= 15 is 8.78 Å². The van der Waals surface area contributed by atoms with Crippen LogP contribution in [0.25, 0.3) is 22.0 Å². The van der Waals surface area contributed by atoms with Crippen LogP contribution in [0.5, 0.6) is 0 Å². The third-order valence-corrected chi connectivity index (χ3v) is 9.15. The Labute approximate surface area is 305 Å². The molecule has 1 amide bonds. The van der Waals surface area contributed by atoms with Crippen molar-refractivity contribution in [2.75, 3.05) is 12.4 Å². The first-order valence-electron chi connectivity index (χ1n) is 16.5. The molecule has 0 aliphatic heterocycles. The van der Waals surface area contributed by atoms with E-state index in [0.29, 0.717) is 43.6 Å². The summed E-state index contributed by atoms with van der Waals surface area (Å²) in [4.78, 5) is 18.6. The molecule has 1 aliphatic carbocycles. The maximum absolute atomic E-state index is 15.2. The Morgan fingerprint density at radius 3 is 2.42 bits per heavy atom. The van der Waals surface area contributed by atoms with Gasteiger partial charge in [0, 0.05) is 43.3 Å². The Kier molecular flexibility index (Phi) is 9.99. The number of alkyl halides is 4. The number of aliphatic hydroxyl groups is 1. The van der Waals surface area contributed by atoms with E-state index in [1.807, 2.05) is 0 Å². The van der Waals surface area contributed by atoms with Gasteiger partial charge in [-0.1, -0.05) is 30.5 Å². The van der Waals surface area contributed by atoms with Gasteiger partial charge in [-0.15, -0.1) is 0 Å². The number of hydrogen-bond donors (Lipinski definition) is 3. The largest absolute Gasteiger partial charge is 0.378 e. The first kappa shape index (κ1) is 37.7. The predicted molar refractivity (Wildman–Crippen MR) is 187 cm³/mol. The molecule has 53 heavy (non-hydrogen) atoms. The molecule has 3 N–H and O–H groups in total. The van der Waals surface area contributed by atoms with E-state index < -0.39 is 71.8 Å². The van der Waals surface area contributed by atoms with Gasteiger partial charge >= 0.3 is 0 Å². The molecule has 1 unspecified atom stereocenters. The molecule has 2 aromatic carbocycles. The standard InChI is InChI=1S/C37H34ClF6N7O2/c1-18-16-37(43,44)33-28(18)31(34(41)42)48-51(33)17-27(52)47-26(14-19-12-20(39)15-21(40)13-19)30-23(7-6-22(46-30)10-11-36(2,3)53)24-8-9-25(38)29-32(24)50(5)49-35(29)45-4/h6-9,12-13,15,18,26,34,53H,14,16-17H2,1-5H3,(H,45,49)(H,47,52)/t18-,26?/m0/s1. The molecule has 0 spiro atoms. The minimum Gasteiger partial charge on any atom is -0.378 e. The molecular weight excluding hydrogens is 724 g/mol. The van der Waals surface area contributed by atoms with Crippen molar-refractivity contribution >= 4 is 34.2 Å². The molecule has 16 heteroatoms. The molecule has 0 radical (unpaired) electrons. The number of amides is 1. The minimum atomic E-state index is -3.52. The zero-order valence-electron chi connectivity index (χ0n) is 29.1. The molecule has 5 aromatic rings. The zero-order chi connectivity index (χ0) is 38.6. The second-order valence-electron chi connectivity index (χ2n) is 13.5. The van der Waals surface area contributed by atoms with Crippen molar-refractivity contribution in [2.45, 2.75) is 70.1 Å². The lowest BCUT2D eigenvalue weighted by Gasteiger charge is -2.23. The van der Waals surface area contributed by atoms with Crippen molar-refractivity contribution in [2.24, 2.45) is 7.05 Å². The number of fused-ring (bicyclic) bond motifs is 2. The lowest BCUT2D eigenvalue weighted by molar-refractivity contribution is -0.122. The average Bonchev–Trinajstić information content (AvgIpc) is 3.69. The molecule has 0 saturated carbocycles. The van der Waals surface area contributed by atoms with E-state index in [1.165, 1.54) is 20.8 Å². The SMILES string of the molecule is CNc1nn(C)c2c(-c3ccc(C#CC(C)(C)O)nc3C(Cc3cc(F)cc(F)c3)NC(=O)Cn3nc(C(F)F)c4c3C(F)(F)C[C@@H]4C)ccc(Cl)c12. The fourth-order valence-electron chi connectivity index (χ4n) is 6.81. The summed E-state index contributed by atoms with van der Waals surface area (Å²) < 4.78 is 89.4. The average molecular weight is 758 g/mol. The van der Waals surface area contributed by atoms with Crippen molar-refractivity contribution in [3.63, 3.8) is 0 Å². The normalized spacial score (nSPS) is 15.7. The van der Waals surface area contributed by atoms with Gasteiger partial charge in [-0.3, -0.25) is 14.2 Å². The van der Waals surface area contributed by atoms with E-state index in [1.54, 1.807) is 43.0 Å². The summed E-state index contributed by atoms with van der Waals surface area (Å²) in [6.45, 7) is 3.46. The summed E-state index contributed by atoms with van der Waals surface area (Å²) in [6.07, 6.45) is -4.15. The first-order valence-corrected chi connectivity index (χ1v) is 16.9. The van der Waals surface area contributed by atoms with Crippen LogP contribution < -0.4 is 10.6 Å². The summed E-state index contributed by atoms with van der Waals surface area (Å²) >= 11 is 6.61. The van der Waals surface area contributed by atoms with Gasteiger partial charge in [-0.05, 0) is 68.0 Å². The van der Waals surface area contributed by atoms with Crippen molar-refractivity contribution in [3.8, 4) is 23.0 Å². The Morgan fingerprint density at radius 2 is 1.77 bits per heavy atom. The highest BCUT2D eigenvalue weighted by molar-refractivity contribution is 6.37. The van der Waals surface area contributed by atoms with Crippen LogP contribution in [0.4, 0.5) is 32.2 Å². The number of carbonyl (C=O) groups excluding carboxylic acids is 1. The van der Waals surface area contributed by atoms with Gasteiger partial charge in [-0.2, -0.15) is 19.0 Å².